The third kappa shape index (κ3) is 2.83. The van der Waals surface area contributed by atoms with E-state index in [9.17, 15) is 9.59 Å². The molecule has 0 spiro atoms. The molecule has 19 heavy (non-hydrogen) atoms. The van der Waals surface area contributed by atoms with Gasteiger partial charge in [0.05, 0.1) is 17.6 Å². The second-order valence-corrected chi connectivity index (χ2v) is 3.79. The van der Waals surface area contributed by atoms with Crippen LogP contribution in [0.25, 0.3) is 11.0 Å². The van der Waals surface area contributed by atoms with Crippen LogP contribution >= 0.6 is 0 Å². The molecule has 98 valence electrons. The smallest absolute Gasteiger partial charge is 0.334 e. The number of aliphatic carboxylic acids is 1. The average Bonchev–Trinajstić information content (AvgIpc) is 2.43. The van der Waals surface area contributed by atoms with E-state index in [1.807, 2.05) is 0 Å². The van der Waals surface area contributed by atoms with Crippen molar-refractivity contribution >= 4 is 22.9 Å². The van der Waals surface area contributed by atoms with Gasteiger partial charge in [-0.3, -0.25) is 14.8 Å². The molecule has 2 rings (SSSR count). The first-order valence-electron chi connectivity index (χ1n) is 5.48. The highest BCUT2D eigenvalue weighted by molar-refractivity contribution is 6.04. The number of hydrogen-bond acceptors (Lipinski definition) is 5. The van der Waals surface area contributed by atoms with Crippen molar-refractivity contribution in [1.82, 2.24) is 15.3 Å². The van der Waals surface area contributed by atoms with Gasteiger partial charge in [-0.15, -0.1) is 0 Å². The van der Waals surface area contributed by atoms with E-state index in [4.69, 9.17) is 10.2 Å². The van der Waals surface area contributed by atoms with E-state index in [1.165, 1.54) is 12.4 Å². The van der Waals surface area contributed by atoms with Gasteiger partial charge in [0.2, 0.25) is 0 Å². The average molecular weight is 261 g/mol. The number of aromatic nitrogens is 2. The van der Waals surface area contributed by atoms with Gasteiger partial charge in [-0.2, -0.15) is 0 Å². The molecule has 1 amide bonds. The van der Waals surface area contributed by atoms with E-state index in [2.05, 4.69) is 15.3 Å². The van der Waals surface area contributed by atoms with Crippen LogP contribution in [0.3, 0.4) is 0 Å². The summed E-state index contributed by atoms with van der Waals surface area (Å²) in [5, 5.41) is 19.9. The molecule has 3 N–H and O–H groups in total. The zero-order chi connectivity index (χ0) is 13.8. The van der Waals surface area contributed by atoms with E-state index < -0.39 is 18.0 Å². The molecule has 0 fully saturated rings. The Balaban J connectivity index is 2.20. The molecule has 0 unspecified atom stereocenters. The summed E-state index contributed by atoms with van der Waals surface area (Å²) in [5.41, 5.74) is 1.27. The first-order chi connectivity index (χ1) is 9.09. The molecule has 1 aromatic heterocycles. The molecule has 7 nitrogen and oxygen atoms in total. The van der Waals surface area contributed by atoms with Gasteiger partial charge in [-0.25, -0.2) is 4.79 Å². The van der Waals surface area contributed by atoms with Crippen LogP contribution in [0.1, 0.15) is 10.4 Å². The molecule has 7 heteroatoms. The molecule has 1 heterocycles. The fourth-order valence-electron chi connectivity index (χ4n) is 1.55. The molecule has 0 saturated heterocycles. The van der Waals surface area contributed by atoms with Crippen molar-refractivity contribution in [2.24, 2.45) is 0 Å². The fourth-order valence-corrected chi connectivity index (χ4v) is 1.55. The molecule has 0 saturated carbocycles. The van der Waals surface area contributed by atoms with E-state index in [1.54, 1.807) is 18.2 Å². The van der Waals surface area contributed by atoms with Crippen molar-refractivity contribution in [3.8, 4) is 0 Å². The minimum absolute atomic E-state index is 0.281. The summed E-state index contributed by atoms with van der Waals surface area (Å²) >= 11 is 0. The number of rotatable bonds is 4. The van der Waals surface area contributed by atoms with Gasteiger partial charge in [0.15, 0.2) is 6.10 Å². The first-order valence-corrected chi connectivity index (χ1v) is 5.48. The van der Waals surface area contributed by atoms with Crippen molar-refractivity contribution in [1.29, 1.82) is 0 Å². The second kappa shape index (κ2) is 5.40. The van der Waals surface area contributed by atoms with Crippen LogP contribution in [-0.2, 0) is 4.79 Å². The maximum atomic E-state index is 11.9. The van der Waals surface area contributed by atoms with Crippen LogP contribution in [0.5, 0.6) is 0 Å². The molecule has 0 aliphatic rings. The SMILES string of the molecule is O=C(NC[C@H](O)C(=O)O)c1cccc2nccnc12. The Labute approximate surface area is 107 Å². The van der Waals surface area contributed by atoms with E-state index in [0.717, 1.165) is 0 Å². The van der Waals surface area contributed by atoms with Crippen molar-refractivity contribution in [2.45, 2.75) is 6.10 Å². The Bertz CT molecular complexity index is 624. The lowest BCUT2D eigenvalue weighted by molar-refractivity contribution is -0.146. The van der Waals surface area contributed by atoms with E-state index in [-0.39, 0.29) is 12.1 Å². The highest BCUT2D eigenvalue weighted by atomic mass is 16.4. The predicted molar refractivity (Wildman–Crippen MR) is 65.5 cm³/mol. The lowest BCUT2D eigenvalue weighted by atomic mass is 10.1. The van der Waals surface area contributed by atoms with Gasteiger partial charge in [-0.1, -0.05) is 6.07 Å². The summed E-state index contributed by atoms with van der Waals surface area (Å²) in [6.07, 6.45) is 1.34. The minimum atomic E-state index is -1.63. The molecule has 1 aromatic carbocycles. The Morgan fingerprint density at radius 3 is 2.74 bits per heavy atom. The van der Waals surface area contributed by atoms with Crippen LogP contribution in [0.4, 0.5) is 0 Å². The van der Waals surface area contributed by atoms with Crippen molar-refractivity contribution < 1.29 is 19.8 Å². The largest absolute Gasteiger partial charge is 0.479 e. The summed E-state index contributed by atoms with van der Waals surface area (Å²) in [6, 6.07) is 4.92. The minimum Gasteiger partial charge on any atom is -0.479 e. The van der Waals surface area contributed by atoms with Crippen molar-refractivity contribution in [3.05, 3.63) is 36.2 Å². The van der Waals surface area contributed by atoms with Gasteiger partial charge >= 0.3 is 5.97 Å². The van der Waals surface area contributed by atoms with Crippen LogP contribution in [0.2, 0.25) is 0 Å². The highest BCUT2D eigenvalue weighted by Crippen LogP contribution is 2.13. The standard InChI is InChI=1S/C12H11N3O4/c16-9(12(18)19)6-15-11(17)7-2-1-3-8-10(7)14-5-4-13-8/h1-5,9,16H,6H2,(H,15,17)(H,18,19)/t9-/m0/s1. The summed E-state index contributed by atoms with van der Waals surface area (Å²) < 4.78 is 0. The number of hydrogen-bond donors (Lipinski definition) is 3. The zero-order valence-electron chi connectivity index (χ0n) is 9.78. The lowest BCUT2D eigenvalue weighted by Crippen LogP contribution is -2.36. The number of carbonyl (C=O) groups is 2. The number of carboxylic acids is 1. The van der Waals surface area contributed by atoms with Gasteiger partial charge in [0, 0.05) is 12.4 Å². The van der Waals surface area contributed by atoms with Crippen molar-refractivity contribution in [2.75, 3.05) is 6.54 Å². The second-order valence-electron chi connectivity index (χ2n) is 3.79. The topological polar surface area (TPSA) is 112 Å². The maximum absolute atomic E-state index is 11.9. The first kappa shape index (κ1) is 12.9. The van der Waals surface area contributed by atoms with Gasteiger partial charge < -0.3 is 15.5 Å². The number of amides is 1. The van der Waals surface area contributed by atoms with Crippen LogP contribution in [0.15, 0.2) is 30.6 Å². The molecule has 0 aliphatic carbocycles. The number of aliphatic hydroxyl groups is 1. The van der Waals surface area contributed by atoms with Crippen LogP contribution in [-0.4, -0.2) is 44.7 Å². The van der Waals surface area contributed by atoms with Crippen molar-refractivity contribution in [3.63, 3.8) is 0 Å². The molecule has 0 radical (unpaired) electrons. The Morgan fingerprint density at radius 2 is 2.00 bits per heavy atom. The summed E-state index contributed by atoms with van der Waals surface area (Å²) in [4.78, 5) is 30.5. The number of para-hydroxylation sites is 1. The maximum Gasteiger partial charge on any atom is 0.334 e. The summed E-state index contributed by atoms with van der Waals surface area (Å²) in [5.74, 6) is -1.90. The number of fused-ring (bicyclic) bond motifs is 1. The Morgan fingerprint density at radius 1 is 1.26 bits per heavy atom. The molecule has 2 aromatic rings. The fraction of sp³-hybridized carbons (Fsp3) is 0.167. The molecule has 0 bridgehead atoms. The summed E-state index contributed by atoms with van der Waals surface area (Å²) in [6.45, 7) is -0.370. The number of nitrogens with one attached hydrogen (secondary N) is 1. The Kier molecular flexibility index (Phi) is 3.67. The van der Waals surface area contributed by atoms with Gasteiger partial charge in [0.25, 0.3) is 5.91 Å². The summed E-state index contributed by atoms with van der Waals surface area (Å²) in [7, 11) is 0. The quantitative estimate of drug-likeness (QED) is 0.703. The number of nitrogens with zero attached hydrogens (tertiary/aromatic N) is 2. The number of carboxylic acid groups (broad SMARTS) is 1. The van der Waals surface area contributed by atoms with Crippen LogP contribution in [0, 0.1) is 0 Å². The third-order valence-electron chi connectivity index (χ3n) is 2.48. The highest BCUT2D eigenvalue weighted by Gasteiger charge is 2.16. The predicted octanol–water partition coefficient (Wildman–Crippen LogP) is -0.195. The molecular weight excluding hydrogens is 250 g/mol. The number of benzene rings is 1. The zero-order valence-corrected chi connectivity index (χ0v) is 9.78. The van der Waals surface area contributed by atoms with Gasteiger partial charge in [-0.05, 0) is 12.1 Å². The van der Waals surface area contributed by atoms with E-state index >= 15 is 0 Å². The molecule has 1 atom stereocenters. The number of aliphatic hydroxyl groups excluding tert-OH is 1. The monoisotopic (exact) mass is 261 g/mol. The van der Waals surface area contributed by atoms with Gasteiger partial charge in [0.1, 0.15) is 5.52 Å². The Hall–Kier alpha value is -2.54. The number of carbonyl (C=O) groups excluding carboxylic acids is 1. The third-order valence-corrected chi connectivity index (χ3v) is 2.48. The van der Waals surface area contributed by atoms with Crippen LogP contribution < -0.4 is 5.32 Å². The van der Waals surface area contributed by atoms with E-state index in [0.29, 0.717) is 11.0 Å². The molecule has 0 aliphatic heterocycles. The normalized spacial score (nSPS) is 12.1. The lowest BCUT2D eigenvalue weighted by Gasteiger charge is -2.08. The molecular formula is C12H11N3O4.